The van der Waals surface area contributed by atoms with E-state index in [-0.39, 0.29) is 6.42 Å². The van der Waals surface area contributed by atoms with Crippen LogP contribution < -0.4 is 4.74 Å². The number of hydrogen-bond donors (Lipinski definition) is 1. The van der Waals surface area contributed by atoms with E-state index >= 15 is 0 Å². The Hall–Kier alpha value is -1.79. The third kappa shape index (κ3) is 5.41. The van der Waals surface area contributed by atoms with Gasteiger partial charge in [0.15, 0.2) is 0 Å². The number of hydrogen-bond acceptors (Lipinski definition) is 2. The minimum Gasteiger partial charge on any atom is -0.496 e. The average Bonchev–Trinajstić information content (AvgIpc) is 2.42. The SMILES string of the molecule is COc1ccc(F)cc1C(C)(C)C[C@H](CCC(=O)O)C(F)(F)F. The second kappa shape index (κ2) is 7.19. The number of rotatable bonds is 7. The maximum absolute atomic E-state index is 13.5. The molecule has 130 valence electrons. The van der Waals surface area contributed by atoms with Crippen LogP contribution in [0.15, 0.2) is 18.2 Å². The fraction of sp³-hybridized carbons (Fsp3) is 0.562. The summed E-state index contributed by atoms with van der Waals surface area (Å²) in [6.07, 6.45) is -5.96. The van der Waals surface area contributed by atoms with Gasteiger partial charge in [-0.15, -0.1) is 0 Å². The zero-order valence-corrected chi connectivity index (χ0v) is 13.2. The van der Waals surface area contributed by atoms with Crippen molar-refractivity contribution in [2.24, 2.45) is 5.92 Å². The first-order valence-electron chi connectivity index (χ1n) is 7.10. The number of ether oxygens (including phenoxy) is 1. The molecule has 0 saturated heterocycles. The molecular formula is C16H20F4O3. The quantitative estimate of drug-likeness (QED) is 0.743. The fourth-order valence-electron chi connectivity index (χ4n) is 2.61. The van der Waals surface area contributed by atoms with Gasteiger partial charge in [-0.25, -0.2) is 4.39 Å². The number of benzene rings is 1. The van der Waals surface area contributed by atoms with Gasteiger partial charge >= 0.3 is 12.1 Å². The van der Waals surface area contributed by atoms with Gasteiger partial charge < -0.3 is 9.84 Å². The lowest BCUT2D eigenvalue weighted by Gasteiger charge is -2.32. The fourth-order valence-corrected chi connectivity index (χ4v) is 2.61. The lowest BCUT2D eigenvalue weighted by atomic mass is 9.75. The number of alkyl halides is 3. The zero-order chi connectivity index (χ0) is 17.8. The van der Waals surface area contributed by atoms with Crippen LogP contribution >= 0.6 is 0 Å². The van der Waals surface area contributed by atoms with Crippen LogP contribution in [0.3, 0.4) is 0 Å². The highest BCUT2D eigenvalue weighted by atomic mass is 19.4. The van der Waals surface area contributed by atoms with Gasteiger partial charge in [0.25, 0.3) is 0 Å². The maximum Gasteiger partial charge on any atom is 0.391 e. The van der Waals surface area contributed by atoms with Gasteiger partial charge in [0, 0.05) is 12.0 Å². The molecule has 0 bridgehead atoms. The summed E-state index contributed by atoms with van der Waals surface area (Å²) >= 11 is 0. The molecule has 0 aliphatic carbocycles. The van der Waals surface area contributed by atoms with Crippen molar-refractivity contribution in [1.82, 2.24) is 0 Å². The summed E-state index contributed by atoms with van der Waals surface area (Å²) in [6.45, 7) is 3.12. The second-order valence-electron chi connectivity index (χ2n) is 6.10. The molecule has 0 saturated carbocycles. The molecule has 1 aromatic carbocycles. The monoisotopic (exact) mass is 336 g/mol. The van der Waals surface area contributed by atoms with Crippen LogP contribution in [-0.4, -0.2) is 24.4 Å². The predicted octanol–water partition coefficient (Wildman–Crippen LogP) is 4.55. The van der Waals surface area contributed by atoms with Crippen LogP contribution in [0.2, 0.25) is 0 Å². The topological polar surface area (TPSA) is 46.5 Å². The van der Waals surface area contributed by atoms with Gasteiger partial charge in [0.1, 0.15) is 11.6 Å². The Kier molecular flexibility index (Phi) is 6.02. The summed E-state index contributed by atoms with van der Waals surface area (Å²) in [5.74, 6) is -3.33. The zero-order valence-electron chi connectivity index (χ0n) is 13.2. The summed E-state index contributed by atoms with van der Waals surface area (Å²) in [7, 11) is 1.36. The Morgan fingerprint density at radius 3 is 2.39 bits per heavy atom. The third-order valence-electron chi connectivity index (χ3n) is 3.82. The number of aliphatic carboxylic acids is 1. The highest BCUT2D eigenvalue weighted by molar-refractivity contribution is 5.66. The van der Waals surface area contributed by atoms with Crippen LogP contribution in [-0.2, 0) is 10.2 Å². The molecule has 1 rings (SSSR count). The number of methoxy groups -OCH3 is 1. The molecule has 0 aliphatic rings. The van der Waals surface area contributed by atoms with E-state index in [1.165, 1.54) is 19.2 Å². The first kappa shape index (κ1) is 19.3. The standard InChI is InChI=1S/C16H20F4O3/c1-15(2,12-8-11(17)5-6-13(12)23-3)9-10(16(18,19)20)4-7-14(21)22/h5-6,8,10H,4,7,9H2,1-3H3,(H,21,22)/t10-/m0/s1. The lowest BCUT2D eigenvalue weighted by molar-refractivity contribution is -0.182. The van der Waals surface area contributed by atoms with Crippen molar-refractivity contribution in [2.45, 2.75) is 44.7 Å². The van der Waals surface area contributed by atoms with E-state index in [1.807, 2.05) is 0 Å². The summed E-state index contributed by atoms with van der Waals surface area (Å²) in [5, 5.41) is 8.63. The molecule has 23 heavy (non-hydrogen) atoms. The van der Waals surface area contributed by atoms with Crippen molar-refractivity contribution >= 4 is 5.97 Å². The Morgan fingerprint density at radius 2 is 1.91 bits per heavy atom. The van der Waals surface area contributed by atoms with Gasteiger partial charge in [-0.3, -0.25) is 4.79 Å². The van der Waals surface area contributed by atoms with Gasteiger partial charge in [0.05, 0.1) is 13.0 Å². The van der Waals surface area contributed by atoms with Crippen LogP contribution in [0.4, 0.5) is 17.6 Å². The molecule has 1 atom stereocenters. The molecule has 1 aromatic rings. The van der Waals surface area contributed by atoms with E-state index in [0.717, 1.165) is 6.07 Å². The second-order valence-corrected chi connectivity index (χ2v) is 6.10. The minimum atomic E-state index is -4.52. The van der Waals surface area contributed by atoms with E-state index in [9.17, 15) is 22.4 Å². The minimum absolute atomic E-state index is 0.301. The average molecular weight is 336 g/mol. The van der Waals surface area contributed by atoms with Crippen LogP contribution in [0.25, 0.3) is 0 Å². The van der Waals surface area contributed by atoms with Crippen LogP contribution in [0, 0.1) is 11.7 Å². The molecule has 0 radical (unpaired) electrons. The molecule has 0 unspecified atom stereocenters. The Balaban J connectivity index is 3.10. The van der Waals surface area contributed by atoms with Crippen molar-refractivity contribution in [2.75, 3.05) is 7.11 Å². The van der Waals surface area contributed by atoms with Gasteiger partial charge in [-0.1, -0.05) is 13.8 Å². The number of carboxylic acid groups (broad SMARTS) is 1. The molecular weight excluding hydrogens is 316 g/mol. The summed E-state index contributed by atoms with van der Waals surface area (Å²) in [5.41, 5.74) is -0.712. The highest BCUT2D eigenvalue weighted by Crippen LogP contribution is 2.43. The molecule has 0 aliphatic heterocycles. The Morgan fingerprint density at radius 1 is 1.30 bits per heavy atom. The summed E-state index contributed by atoms with van der Waals surface area (Å²) < 4.78 is 58.1. The molecule has 7 heteroatoms. The molecule has 0 amide bonds. The molecule has 3 nitrogen and oxygen atoms in total. The lowest BCUT2D eigenvalue weighted by Crippen LogP contribution is -2.31. The molecule has 0 fully saturated rings. The van der Waals surface area contributed by atoms with Gasteiger partial charge in [-0.05, 0) is 36.5 Å². The van der Waals surface area contributed by atoms with Crippen molar-refractivity contribution in [1.29, 1.82) is 0 Å². The first-order valence-corrected chi connectivity index (χ1v) is 7.10. The number of carbonyl (C=O) groups is 1. The van der Waals surface area contributed by atoms with E-state index in [2.05, 4.69) is 0 Å². The first-order chi connectivity index (χ1) is 10.5. The summed E-state index contributed by atoms with van der Waals surface area (Å²) in [6, 6.07) is 3.69. The Labute approximate surface area is 132 Å². The molecule has 0 spiro atoms. The van der Waals surface area contributed by atoms with E-state index in [4.69, 9.17) is 9.84 Å². The van der Waals surface area contributed by atoms with Crippen molar-refractivity contribution < 1.29 is 32.2 Å². The van der Waals surface area contributed by atoms with Crippen molar-refractivity contribution in [3.63, 3.8) is 0 Å². The number of halogens is 4. The largest absolute Gasteiger partial charge is 0.496 e. The molecule has 0 heterocycles. The molecule has 1 N–H and O–H groups in total. The van der Waals surface area contributed by atoms with E-state index < -0.39 is 42.1 Å². The van der Waals surface area contributed by atoms with Gasteiger partial charge in [-0.2, -0.15) is 13.2 Å². The van der Waals surface area contributed by atoms with Crippen LogP contribution in [0.1, 0.15) is 38.7 Å². The third-order valence-corrected chi connectivity index (χ3v) is 3.82. The highest BCUT2D eigenvalue weighted by Gasteiger charge is 2.43. The normalized spacial score (nSPS) is 13.7. The van der Waals surface area contributed by atoms with Crippen LogP contribution in [0.5, 0.6) is 5.75 Å². The smallest absolute Gasteiger partial charge is 0.391 e. The Bertz CT molecular complexity index is 553. The van der Waals surface area contributed by atoms with E-state index in [0.29, 0.717) is 11.3 Å². The van der Waals surface area contributed by atoms with Crippen molar-refractivity contribution in [3.8, 4) is 5.75 Å². The number of carboxylic acids is 1. The van der Waals surface area contributed by atoms with E-state index in [1.54, 1.807) is 13.8 Å². The van der Waals surface area contributed by atoms with Crippen molar-refractivity contribution in [3.05, 3.63) is 29.6 Å². The summed E-state index contributed by atoms with van der Waals surface area (Å²) in [4.78, 5) is 10.6. The van der Waals surface area contributed by atoms with Gasteiger partial charge in [0.2, 0.25) is 0 Å². The maximum atomic E-state index is 13.5. The predicted molar refractivity (Wildman–Crippen MR) is 77.0 cm³/mol. The molecule has 0 aromatic heterocycles.